The van der Waals surface area contributed by atoms with Gasteiger partial charge in [0.1, 0.15) is 34.0 Å². The number of nitrogens with two attached hydrogens (primary N) is 2. The van der Waals surface area contributed by atoms with Crippen molar-refractivity contribution in [1.82, 2.24) is 14.9 Å². The normalized spacial score (nSPS) is 15.4. The summed E-state index contributed by atoms with van der Waals surface area (Å²) >= 11 is 5.95. The third kappa shape index (κ3) is 5.22. The van der Waals surface area contributed by atoms with Crippen molar-refractivity contribution in [2.45, 2.75) is 32.2 Å². The van der Waals surface area contributed by atoms with Crippen LogP contribution in [-0.2, 0) is 23.9 Å². The molecule has 1 aromatic heterocycles. The van der Waals surface area contributed by atoms with Gasteiger partial charge < -0.3 is 20.5 Å². The molecule has 0 spiro atoms. The molecule has 1 atom stereocenters. The third-order valence-corrected chi connectivity index (χ3v) is 5.19. The van der Waals surface area contributed by atoms with Crippen LogP contribution in [-0.4, -0.2) is 38.6 Å². The summed E-state index contributed by atoms with van der Waals surface area (Å²) in [7, 11) is 0. The topological polar surface area (TPSA) is 127 Å². The van der Waals surface area contributed by atoms with E-state index in [2.05, 4.69) is 9.97 Å². The monoisotopic (exact) mass is 488 g/mol. The zero-order valence-electron chi connectivity index (χ0n) is 17.2. The summed E-state index contributed by atoms with van der Waals surface area (Å²) in [6, 6.07) is 2.00. The molecule has 0 saturated carbocycles. The van der Waals surface area contributed by atoms with Gasteiger partial charge in [-0.15, -0.1) is 0 Å². The number of aliphatic hydroxyl groups is 1. The van der Waals surface area contributed by atoms with Crippen LogP contribution in [0.1, 0.15) is 35.7 Å². The minimum absolute atomic E-state index is 0.0238. The fraction of sp³-hybridized carbons (Fsp3) is 0.300. The number of hydrogen-bond donors (Lipinski definition) is 3. The number of allylic oxidation sites excluding steroid dienone is 1. The lowest BCUT2D eigenvalue weighted by atomic mass is 10.0. The molecule has 0 unspecified atom stereocenters. The number of carbonyl (C=O) groups is 1. The Morgan fingerprint density at radius 1 is 1.39 bits per heavy atom. The van der Waals surface area contributed by atoms with E-state index >= 15 is 0 Å². The van der Waals surface area contributed by atoms with Crippen LogP contribution >= 0.6 is 11.6 Å². The van der Waals surface area contributed by atoms with Crippen molar-refractivity contribution in [3.8, 4) is 11.6 Å². The van der Waals surface area contributed by atoms with Gasteiger partial charge in [-0.3, -0.25) is 10.2 Å². The fourth-order valence-corrected chi connectivity index (χ4v) is 3.43. The molecule has 8 nitrogen and oxygen atoms in total. The van der Waals surface area contributed by atoms with Gasteiger partial charge in [0, 0.05) is 12.1 Å². The molecular weight excluding hydrogens is 470 g/mol. The number of fused-ring (bicyclic) bond motifs is 1. The zero-order valence-corrected chi connectivity index (χ0v) is 17.9. The molecule has 0 saturated heterocycles. The Balaban J connectivity index is 2.08. The highest BCUT2D eigenvalue weighted by Gasteiger charge is 2.36. The van der Waals surface area contributed by atoms with Crippen molar-refractivity contribution >= 4 is 23.7 Å². The van der Waals surface area contributed by atoms with E-state index in [1.807, 2.05) is 0 Å². The molecule has 176 valence electrons. The van der Waals surface area contributed by atoms with Gasteiger partial charge in [0.05, 0.1) is 12.2 Å². The van der Waals surface area contributed by atoms with Gasteiger partial charge in [-0.05, 0) is 31.5 Å². The zero-order chi connectivity index (χ0) is 24.5. The van der Waals surface area contributed by atoms with E-state index in [0.29, 0.717) is 17.3 Å². The maximum Gasteiger partial charge on any atom is 0.420 e. The van der Waals surface area contributed by atoms with Crippen LogP contribution in [0.15, 0.2) is 28.9 Å². The molecule has 13 heteroatoms. The Kier molecular flexibility index (Phi) is 6.89. The van der Waals surface area contributed by atoms with Crippen molar-refractivity contribution in [1.29, 1.82) is 0 Å². The van der Waals surface area contributed by atoms with Crippen LogP contribution in [0, 0.1) is 5.82 Å². The van der Waals surface area contributed by atoms with Gasteiger partial charge in [0.2, 0.25) is 5.88 Å². The van der Waals surface area contributed by atoms with Crippen LogP contribution in [0.25, 0.3) is 0 Å². The number of aromatic nitrogens is 2. The van der Waals surface area contributed by atoms with Crippen molar-refractivity contribution in [3.63, 3.8) is 0 Å². The summed E-state index contributed by atoms with van der Waals surface area (Å²) in [5.74, 6) is -2.95. The fourth-order valence-electron chi connectivity index (χ4n) is 3.25. The van der Waals surface area contributed by atoms with Gasteiger partial charge in [0.25, 0.3) is 5.91 Å². The average Bonchev–Trinajstić information content (AvgIpc) is 2.74. The summed E-state index contributed by atoms with van der Waals surface area (Å²) < 4.78 is 59.1. The second kappa shape index (κ2) is 9.32. The van der Waals surface area contributed by atoms with E-state index in [9.17, 15) is 27.5 Å². The van der Waals surface area contributed by atoms with Crippen LogP contribution in [0.5, 0.6) is 11.6 Å². The molecule has 1 amide bonds. The van der Waals surface area contributed by atoms with Gasteiger partial charge >= 0.3 is 6.18 Å². The number of benzene rings is 1. The maximum atomic E-state index is 13.5. The molecule has 1 aromatic carbocycles. The van der Waals surface area contributed by atoms with E-state index in [0.717, 1.165) is 18.3 Å². The molecular formula is C20H19ClF4N5O3+. The first kappa shape index (κ1) is 24.4. The summed E-state index contributed by atoms with van der Waals surface area (Å²) in [6.07, 6.45) is -4.78. The Bertz CT molecular complexity index is 1140. The summed E-state index contributed by atoms with van der Waals surface area (Å²) in [4.78, 5) is 21.4. The van der Waals surface area contributed by atoms with Crippen LogP contribution in [0.4, 0.5) is 17.6 Å². The van der Waals surface area contributed by atoms with Crippen molar-refractivity contribution < 1.29 is 37.6 Å². The first-order chi connectivity index (χ1) is 15.4. The lowest BCUT2D eigenvalue weighted by molar-refractivity contribution is -0.138. The van der Waals surface area contributed by atoms with Crippen molar-refractivity contribution in [2.24, 2.45) is 5.73 Å². The van der Waals surface area contributed by atoms with Gasteiger partial charge in [-0.1, -0.05) is 11.6 Å². The Morgan fingerprint density at radius 3 is 2.67 bits per heavy atom. The molecule has 2 aromatic rings. The largest absolute Gasteiger partial charge is 0.438 e. The number of hydrogen-bond acceptors (Lipinski definition) is 6. The summed E-state index contributed by atoms with van der Waals surface area (Å²) in [5.41, 5.74) is 4.73. The number of ether oxygens (including phenoxy) is 1. The number of halogens is 5. The molecule has 0 radical (unpaired) electrons. The van der Waals surface area contributed by atoms with E-state index in [4.69, 9.17) is 27.5 Å². The van der Waals surface area contributed by atoms with E-state index in [1.165, 1.54) is 6.92 Å². The minimum Gasteiger partial charge on any atom is -0.438 e. The number of carbonyl (C=O) groups excluding carboxylic acids is 1. The van der Waals surface area contributed by atoms with Crippen molar-refractivity contribution in [2.75, 3.05) is 6.54 Å². The maximum absolute atomic E-state index is 13.5. The molecule has 5 N–H and O–H groups in total. The van der Waals surface area contributed by atoms with Crippen LogP contribution in [0.2, 0.25) is 0 Å². The average molecular weight is 489 g/mol. The standard InChI is InChI=1S/C20H18ClF4N5O3/c1-9(31)18-28-13-8-30(14(7-26)16(21)17(27)32)5-4-11(13)19(29-18)33-15-3-2-10(22)6-12(15)20(23,24)25/h2-3,6-7,9,26,31H,4-5,8H2,1H3,(H2,27,32)/p+1/b16-14-,26-7?/t9-/m1/s1. The molecule has 33 heavy (non-hydrogen) atoms. The molecule has 0 fully saturated rings. The smallest absolute Gasteiger partial charge is 0.420 e. The highest BCUT2D eigenvalue weighted by molar-refractivity contribution is 6.43. The van der Waals surface area contributed by atoms with E-state index < -0.39 is 35.3 Å². The first-order valence-electron chi connectivity index (χ1n) is 9.54. The number of alkyl halides is 3. The van der Waals surface area contributed by atoms with Crippen LogP contribution in [0.3, 0.4) is 0 Å². The quantitative estimate of drug-likeness (QED) is 0.322. The van der Waals surface area contributed by atoms with Gasteiger partial charge in [-0.2, -0.15) is 18.2 Å². The number of nitrogens with zero attached hydrogens (tertiary/aromatic N) is 3. The molecule has 0 bridgehead atoms. The summed E-state index contributed by atoms with van der Waals surface area (Å²) in [5, 5.41) is 15.3. The molecule has 3 rings (SSSR count). The SMILES string of the molecule is C[C@@H](O)c1nc2c(c(Oc3ccc(F)cc3C(F)(F)F)n1)CCN(/C(C=[NH2+])=C(\Cl)C(N)=O)C2. The Morgan fingerprint density at radius 2 is 2.09 bits per heavy atom. The first-order valence-corrected chi connectivity index (χ1v) is 9.92. The van der Waals surface area contributed by atoms with Gasteiger partial charge in [0.15, 0.2) is 12.0 Å². The molecule has 1 aliphatic heterocycles. The third-order valence-electron chi connectivity index (χ3n) is 4.81. The van der Waals surface area contributed by atoms with E-state index in [-0.39, 0.29) is 41.9 Å². The minimum atomic E-state index is -4.88. The Labute approximate surface area is 190 Å². The molecule has 2 heterocycles. The number of primary amides is 1. The lowest BCUT2D eigenvalue weighted by Crippen LogP contribution is -2.40. The predicted octanol–water partition coefficient (Wildman–Crippen LogP) is 1.60. The molecule has 1 aliphatic rings. The predicted molar refractivity (Wildman–Crippen MR) is 108 cm³/mol. The Hall–Kier alpha value is -3.25. The number of rotatable bonds is 6. The second-order valence-corrected chi connectivity index (χ2v) is 7.51. The number of aliphatic hydroxyl groups excluding tert-OH is 1. The molecule has 0 aliphatic carbocycles. The van der Waals surface area contributed by atoms with Crippen LogP contribution < -0.4 is 15.9 Å². The second-order valence-electron chi connectivity index (χ2n) is 7.13. The number of amides is 1. The van der Waals surface area contributed by atoms with E-state index in [1.54, 1.807) is 4.90 Å². The highest BCUT2D eigenvalue weighted by Crippen LogP contribution is 2.40. The highest BCUT2D eigenvalue weighted by atomic mass is 35.5. The summed E-state index contributed by atoms with van der Waals surface area (Å²) in [6.45, 7) is 1.62. The van der Waals surface area contributed by atoms with Gasteiger partial charge in [-0.25, -0.2) is 9.37 Å². The lowest BCUT2D eigenvalue weighted by Gasteiger charge is -2.30. The van der Waals surface area contributed by atoms with Crippen molar-refractivity contribution in [3.05, 3.63) is 57.4 Å².